The van der Waals surface area contributed by atoms with E-state index in [9.17, 15) is 4.79 Å². The number of phenols is 1. The van der Waals surface area contributed by atoms with Crippen LogP contribution in [-0.2, 0) is 6.42 Å². The average Bonchev–Trinajstić information content (AvgIpc) is 2.08. The molecule has 0 spiro atoms. The first-order chi connectivity index (χ1) is 6.15. The Morgan fingerprint density at radius 1 is 1.46 bits per heavy atom. The molecule has 1 amide bonds. The van der Waals surface area contributed by atoms with Gasteiger partial charge >= 0.3 is 0 Å². The number of carbonyl (C=O) groups is 1. The second kappa shape index (κ2) is 3.91. The van der Waals surface area contributed by atoms with Crippen LogP contribution in [0.15, 0.2) is 18.2 Å². The summed E-state index contributed by atoms with van der Waals surface area (Å²) < 4.78 is 0. The van der Waals surface area contributed by atoms with E-state index in [1.807, 2.05) is 0 Å². The van der Waals surface area contributed by atoms with Gasteiger partial charge in [0.05, 0.1) is 0 Å². The van der Waals surface area contributed by atoms with Crippen LogP contribution < -0.4 is 11.5 Å². The highest BCUT2D eigenvalue weighted by Crippen LogP contribution is 2.16. The average molecular weight is 180 g/mol. The number of amides is 1. The molecular weight excluding hydrogens is 168 g/mol. The van der Waals surface area contributed by atoms with Crippen molar-refractivity contribution in [3.63, 3.8) is 0 Å². The lowest BCUT2D eigenvalue weighted by Gasteiger charge is -2.05. The van der Waals surface area contributed by atoms with E-state index in [1.54, 1.807) is 6.07 Å². The fourth-order valence-corrected chi connectivity index (χ4v) is 1.17. The molecule has 0 fully saturated rings. The van der Waals surface area contributed by atoms with Crippen LogP contribution in [0.5, 0.6) is 5.75 Å². The summed E-state index contributed by atoms with van der Waals surface area (Å²) in [4.78, 5) is 10.9. The van der Waals surface area contributed by atoms with Crippen LogP contribution in [0.3, 0.4) is 0 Å². The summed E-state index contributed by atoms with van der Waals surface area (Å²) in [5.41, 5.74) is 11.6. The van der Waals surface area contributed by atoms with Crippen molar-refractivity contribution in [2.45, 2.75) is 6.42 Å². The van der Waals surface area contributed by atoms with Crippen LogP contribution in [0, 0.1) is 0 Å². The number of nitrogens with two attached hydrogens (primary N) is 2. The van der Waals surface area contributed by atoms with Crippen molar-refractivity contribution in [3.8, 4) is 5.75 Å². The quantitative estimate of drug-likeness (QED) is 0.611. The molecule has 0 bridgehead atoms. The highest BCUT2D eigenvalue weighted by molar-refractivity contribution is 5.94. The molecule has 0 saturated heterocycles. The number of primary amides is 1. The summed E-state index contributed by atoms with van der Waals surface area (Å²) >= 11 is 0. The lowest BCUT2D eigenvalue weighted by Crippen LogP contribution is -2.15. The number of aromatic hydroxyl groups is 1. The maximum atomic E-state index is 10.9. The number of rotatable bonds is 3. The first-order valence-electron chi connectivity index (χ1n) is 3.97. The van der Waals surface area contributed by atoms with Gasteiger partial charge in [0.2, 0.25) is 5.91 Å². The SMILES string of the molecule is NCCc1ccc(O)cc1C(N)=O. The fraction of sp³-hybridized carbons (Fsp3) is 0.222. The summed E-state index contributed by atoms with van der Waals surface area (Å²) in [6.07, 6.45) is 0.582. The molecule has 0 aliphatic carbocycles. The Morgan fingerprint density at radius 2 is 2.15 bits per heavy atom. The normalized spacial score (nSPS) is 9.92. The van der Waals surface area contributed by atoms with E-state index in [4.69, 9.17) is 16.6 Å². The van der Waals surface area contributed by atoms with E-state index in [1.165, 1.54) is 12.1 Å². The van der Waals surface area contributed by atoms with Gasteiger partial charge in [-0.2, -0.15) is 0 Å². The zero-order valence-corrected chi connectivity index (χ0v) is 7.16. The molecule has 13 heavy (non-hydrogen) atoms. The van der Waals surface area contributed by atoms with Gasteiger partial charge in [0.25, 0.3) is 0 Å². The predicted octanol–water partition coefficient (Wildman–Crippen LogP) is -0.00770. The lowest BCUT2D eigenvalue weighted by molar-refractivity contribution is 0.0999. The van der Waals surface area contributed by atoms with Crippen molar-refractivity contribution in [2.75, 3.05) is 6.54 Å². The van der Waals surface area contributed by atoms with E-state index < -0.39 is 5.91 Å². The standard InChI is InChI=1S/C9H12N2O2/c10-4-3-6-1-2-7(12)5-8(6)9(11)13/h1-2,5,12H,3-4,10H2,(H2,11,13). The number of hydrogen-bond donors (Lipinski definition) is 3. The van der Waals surface area contributed by atoms with E-state index >= 15 is 0 Å². The van der Waals surface area contributed by atoms with E-state index in [2.05, 4.69) is 0 Å². The highest BCUT2D eigenvalue weighted by Gasteiger charge is 2.07. The first kappa shape index (κ1) is 9.54. The lowest BCUT2D eigenvalue weighted by atomic mass is 10.0. The minimum Gasteiger partial charge on any atom is -0.508 e. The molecule has 1 aromatic carbocycles. The summed E-state index contributed by atoms with van der Waals surface area (Å²) in [6, 6.07) is 4.52. The Kier molecular flexibility index (Phi) is 2.87. The van der Waals surface area contributed by atoms with Crippen LogP contribution in [0.2, 0.25) is 0 Å². The second-order valence-electron chi connectivity index (χ2n) is 2.74. The maximum absolute atomic E-state index is 10.9. The molecule has 4 heteroatoms. The monoisotopic (exact) mass is 180 g/mol. The van der Waals surface area contributed by atoms with Crippen LogP contribution in [0.1, 0.15) is 15.9 Å². The van der Waals surface area contributed by atoms with E-state index in [0.29, 0.717) is 18.5 Å². The number of phenolic OH excluding ortho intramolecular Hbond substituents is 1. The molecule has 5 N–H and O–H groups in total. The second-order valence-corrected chi connectivity index (χ2v) is 2.74. The Morgan fingerprint density at radius 3 is 2.69 bits per heavy atom. The molecular formula is C9H12N2O2. The third-order valence-corrected chi connectivity index (χ3v) is 1.77. The Labute approximate surface area is 76.2 Å². The zero-order chi connectivity index (χ0) is 9.84. The largest absolute Gasteiger partial charge is 0.508 e. The summed E-state index contributed by atoms with van der Waals surface area (Å²) in [5, 5.41) is 9.12. The van der Waals surface area contributed by atoms with Gasteiger partial charge in [0, 0.05) is 5.56 Å². The van der Waals surface area contributed by atoms with Crippen molar-refractivity contribution in [3.05, 3.63) is 29.3 Å². The van der Waals surface area contributed by atoms with Gasteiger partial charge in [-0.05, 0) is 30.7 Å². The molecule has 0 aliphatic rings. The van der Waals surface area contributed by atoms with Gasteiger partial charge < -0.3 is 16.6 Å². The Hall–Kier alpha value is -1.55. The van der Waals surface area contributed by atoms with Gasteiger partial charge in [-0.25, -0.2) is 0 Å². The van der Waals surface area contributed by atoms with Crippen molar-refractivity contribution in [1.82, 2.24) is 0 Å². The molecule has 1 aromatic rings. The molecule has 70 valence electrons. The molecule has 0 aliphatic heterocycles. The van der Waals surface area contributed by atoms with Crippen molar-refractivity contribution in [2.24, 2.45) is 11.5 Å². The molecule has 0 saturated carbocycles. The third kappa shape index (κ3) is 2.19. The van der Waals surface area contributed by atoms with Gasteiger partial charge in [0.1, 0.15) is 5.75 Å². The predicted molar refractivity (Wildman–Crippen MR) is 49.4 cm³/mol. The smallest absolute Gasteiger partial charge is 0.249 e. The van der Waals surface area contributed by atoms with Crippen LogP contribution in [0.4, 0.5) is 0 Å². The van der Waals surface area contributed by atoms with Crippen molar-refractivity contribution < 1.29 is 9.90 Å². The topological polar surface area (TPSA) is 89.3 Å². The summed E-state index contributed by atoms with van der Waals surface area (Å²) in [5.74, 6) is -0.506. The van der Waals surface area contributed by atoms with Crippen LogP contribution >= 0.6 is 0 Å². The Bertz CT molecular complexity index is 323. The van der Waals surface area contributed by atoms with Gasteiger partial charge in [-0.3, -0.25) is 4.79 Å². The maximum Gasteiger partial charge on any atom is 0.249 e. The zero-order valence-electron chi connectivity index (χ0n) is 7.16. The molecule has 4 nitrogen and oxygen atoms in total. The number of carbonyl (C=O) groups excluding carboxylic acids is 1. The van der Waals surface area contributed by atoms with Gasteiger partial charge in [-0.1, -0.05) is 6.07 Å². The fourth-order valence-electron chi connectivity index (χ4n) is 1.17. The minimum absolute atomic E-state index is 0.0366. The molecule has 0 heterocycles. The van der Waals surface area contributed by atoms with E-state index in [0.717, 1.165) is 5.56 Å². The molecule has 0 aromatic heterocycles. The van der Waals surface area contributed by atoms with Gasteiger partial charge in [-0.15, -0.1) is 0 Å². The summed E-state index contributed by atoms with van der Waals surface area (Å²) in [7, 11) is 0. The van der Waals surface area contributed by atoms with Gasteiger partial charge in [0.15, 0.2) is 0 Å². The number of hydrogen-bond acceptors (Lipinski definition) is 3. The minimum atomic E-state index is -0.542. The molecule has 0 unspecified atom stereocenters. The number of benzene rings is 1. The van der Waals surface area contributed by atoms with E-state index in [-0.39, 0.29) is 5.75 Å². The summed E-state index contributed by atoms with van der Waals surface area (Å²) in [6.45, 7) is 0.449. The van der Waals surface area contributed by atoms with Crippen molar-refractivity contribution in [1.29, 1.82) is 0 Å². The third-order valence-electron chi connectivity index (χ3n) is 1.77. The molecule has 1 rings (SSSR count). The molecule has 0 radical (unpaired) electrons. The van der Waals surface area contributed by atoms with Crippen LogP contribution in [0.25, 0.3) is 0 Å². The van der Waals surface area contributed by atoms with Crippen molar-refractivity contribution >= 4 is 5.91 Å². The Balaban J connectivity index is 3.10. The van der Waals surface area contributed by atoms with Crippen LogP contribution in [-0.4, -0.2) is 17.6 Å². The molecule has 0 atom stereocenters. The highest BCUT2D eigenvalue weighted by atomic mass is 16.3. The first-order valence-corrected chi connectivity index (χ1v) is 3.97.